The Morgan fingerprint density at radius 2 is 1.40 bits per heavy atom. The minimum absolute atomic E-state index is 0.0261. The SMILES string of the molecule is CC.CC(C)C(=O)N(C)CCN(C)C(=O)OC(C)(C)C. The predicted octanol–water partition coefficient (Wildman–Crippen LogP) is 2.99. The highest BCUT2D eigenvalue weighted by Gasteiger charge is 2.20. The summed E-state index contributed by atoms with van der Waals surface area (Å²) in [4.78, 5) is 26.4. The van der Waals surface area contributed by atoms with Crippen molar-refractivity contribution in [1.29, 1.82) is 0 Å². The first-order chi connectivity index (χ1) is 9.04. The van der Waals surface area contributed by atoms with E-state index in [2.05, 4.69) is 0 Å². The molecule has 0 fully saturated rings. The molecule has 0 aliphatic rings. The Bertz CT molecular complexity index is 296. The summed E-state index contributed by atoms with van der Waals surface area (Å²) in [5.41, 5.74) is -0.495. The highest BCUT2D eigenvalue weighted by molar-refractivity contribution is 5.77. The average Bonchev–Trinajstić information content (AvgIpc) is 2.34. The lowest BCUT2D eigenvalue weighted by Crippen LogP contribution is -2.40. The van der Waals surface area contributed by atoms with Gasteiger partial charge in [-0.15, -0.1) is 0 Å². The lowest BCUT2D eigenvalue weighted by molar-refractivity contribution is -0.133. The zero-order valence-corrected chi connectivity index (χ0v) is 14.6. The molecule has 0 bridgehead atoms. The summed E-state index contributed by atoms with van der Waals surface area (Å²) in [5.74, 6) is 0.0504. The highest BCUT2D eigenvalue weighted by atomic mass is 16.6. The van der Waals surface area contributed by atoms with Gasteiger partial charge < -0.3 is 14.5 Å². The van der Waals surface area contributed by atoms with Gasteiger partial charge in [0.15, 0.2) is 0 Å². The molecule has 5 nitrogen and oxygen atoms in total. The largest absolute Gasteiger partial charge is 0.444 e. The van der Waals surface area contributed by atoms with E-state index in [9.17, 15) is 9.59 Å². The van der Waals surface area contributed by atoms with Crippen molar-refractivity contribution in [2.75, 3.05) is 27.2 Å². The molecule has 0 saturated carbocycles. The van der Waals surface area contributed by atoms with Gasteiger partial charge in [0.25, 0.3) is 0 Å². The van der Waals surface area contributed by atoms with E-state index < -0.39 is 5.60 Å². The molecule has 2 amide bonds. The highest BCUT2D eigenvalue weighted by Crippen LogP contribution is 2.09. The molecule has 20 heavy (non-hydrogen) atoms. The van der Waals surface area contributed by atoms with Crippen LogP contribution in [0.2, 0.25) is 0 Å². The maximum Gasteiger partial charge on any atom is 0.410 e. The van der Waals surface area contributed by atoms with Crippen LogP contribution in [-0.4, -0.2) is 54.6 Å². The number of nitrogens with zero attached hydrogens (tertiary/aromatic N) is 2. The van der Waals surface area contributed by atoms with Gasteiger partial charge in [0.05, 0.1) is 0 Å². The molecule has 0 aromatic heterocycles. The number of rotatable bonds is 4. The van der Waals surface area contributed by atoms with Crippen molar-refractivity contribution in [1.82, 2.24) is 9.80 Å². The fraction of sp³-hybridized carbons (Fsp3) is 0.867. The summed E-state index contributed by atoms with van der Waals surface area (Å²) in [5, 5.41) is 0. The molecule has 0 unspecified atom stereocenters. The Morgan fingerprint density at radius 3 is 1.75 bits per heavy atom. The van der Waals surface area contributed by atoms with E-state index in [0.29, 0.717) is 13.1 Å². The molecule has 0 spiro atoms. The van der Waals surface area contributed by atoms with Gasteiger partial charge in [0.1, 0.15) is 5.60 Å². The second-order valence-electron chi connectivity index (χ2n) is 5.82. The van der Waals surface area contributed by atoms with Gasteiger partial charge in [-0.2, -0.15) is 0 Å². The molecule has 0 atom stereocenters. The standard InChI is InChI=1S/C13H26N2O3.C2H6/c1-10(2)11(16)14(6)8-9-15(7)12(17)18-13(3,4)5;1-2/h10H,8-9H2,1-7H3;1-2H3. The van der Waals surface area contributed by atoms with Crippen LogP contribution in [0.5, 0.6) is 0 Å². The monoisotopic (exact) mass is 288 g/mol. The quantitative estimate of drug-likeness (QED) is 0.799. The van der Waals surface area contributed by atoms with E-state index >= 15 is 0 Å². The fourth-order valence-electron chi connectivity index (χ4n) is 1.28. The Hall–Kier alpha value is -1.26. The third-order valence-electron chi connectivity index (χ3n) is 2.35. The molecular weight excluding hydrogens is 256 g/mol. The smallest absolute Gasteiger partial charge is 0.410 e. The van der Waals surface area contributed by atoms with Crippen LogP contribution < -0.4 is 0 Å². The van der Waals surface area contributed by atoms with Crippen molar-refractivity contribution in [3.63, 3.8) is 0 Å². The van der Waals surface area contributed by atoms with Gasteiger partial charge in [-0.3, -0.25) is 4.79 Å². The first-order valence-electron chi connectivity index (χ1n) is 7.23. The average molecular weight is 288 g/mol. The number of hydrogen-bond acceptors (Lipinski definition) is 3. The molecular formula is C15H32N2O3. The van der Waals surface area contributed by atoms with Gasteiger partial charge in [0.2, 0.25) is 5.91 Å². The molecule has 0 aliphatic heterocycles. The predicted molar refractivity (Wildman–Crippen MR) is 82.7 cm³/mol. The number of amides is 2. The third kappa shape index (κ3) is 9.64. The van der Waals surface area contributed by atoms with Crippen LogP contribution in [0.15, 0.2) is 0 Å². The summed E-state index contributed by atoms with van der Waals surface area (Å²) in [6, 6.07) is 0. The zero-order chi connectivity index (χ0) is 16.5. The lowest BCUT2D eigenvalue weighted by Gasteiger charge is -2.26. The van der Waals surface area contributed by atoms with Crippen molar-refractivity contribution in [3.05, 3.63) is 0 Å². The minimum Gasteiger partial charge on any atom is -0.444 e. The molecule has 0 aliphatic carbocycles. The summed E-state index contributed by atoms with van der Waals surface area (Å²) in [7, 11) is 3.41. The van der Waals surface area contributed by atoms with E-state index in [4.69, 9.17) is 4.74 Å². The maximum atomic E-state index is 11.7. The summed E-state index contributed by atoms with van der Waals surface area (Å²) >= 11 is 0. The van der Waals surface area contributed by atoms with E-state index in [1.165, 1.54) is 4.90 Å². The van der Waals surface area contributed by atoms with Crippen molar-refractivity contribution in [2.24, 2.45) is 5.92 Å². The van der Waals surface area contributed by atoms with Gasteiger partial charge in [-0.1, -0.05) is 27.7 Å². The van der Waals surface area contributed by atoms with Crippen LogP contribution in [0, 0.1) is 5.92 Å². The number of carbonyl (C=O) groups is 2. The Morgan fingerprint density at radius 1 is 1.00 bits per heavy atom. The molecule has 0 aromatic carbocycles. The summed E-state index contributed by atoms with van der Waals surface area (Å²) in [6.45, 7) is 14.2. The van der Waals surface area contributed by atoms with Gasteiger partial charge >= 0.3 is 6.09 Å². The van der Waals surface area contributed by atoms with Crippen molar-refractivity contribution in [3.8, 4) is 0 Å². The molecule has 0 heterocycles. The van der Waals surface area contributed by atoms with Crippen LogP contribution >= 0.6 is 0 Å². The molecule has 0 N–H and O–H groups in total. The fourth-order valence-corrected chi connectivity index (χ4v) is 1.28. The van der Waals surface area contributed by atoms with Crippen molar-refractivity contribution in [2.45, 2.75) is 54.1 Å². The second kappa shape index (κ2) is 9.61. The first-order valence-corrected chi connectivity index (χ1v) is 7.23. The second-order valence-corrected chi connectivity index (χ2v) is 5.82. The normalized spacial score (nSPS) is 10.5. The van der Waals surface area contributed by atoms with Crippen LogP contribution in [0.4, 0.5) is 4.79 Å². The lowest BCUT2D eigenvalue weighted by atomic mass is 10.2. The van der Waals surface area contributed by atoms with E-state index in [1.807, 2.05) is 48.5 Å². The third-order valence-corrected chi connectivity index (χ3v) is 2.35. The van der Waals surface area contributed by atoms with Gasteiger partial charge in [-0.05, 0) is 20.8 Å². The molecule has 0 aromatic rings. The first kappa shape index (κ1) is 21.0. The van der Waals surface area contributed by atoms with E-state index in [1.54, 1.807) is 19.0 Å². The maximum absolute atomic E-state index is 11.7. The Balaban J connectivity index is 0. The van der Waals surface area contributed by atoms with Crippen LogP contribution in [0.3, 0.4) is 0 Å². The minimum atomic E-state index is -0.495. The van der Waals surface area contributed by atoms with Crippen molar-refractivity contribution < 1.29 is 14.3 Å². The Kier molecular flexibility index (Phi) is 10.1. The molecule has 0 radical (unpaired) electrons. The number of hydrogen-bond donors (Lipinski definition) is 0. The van der Waals surface area contributed by atoms with Crippen LogP contribution in [-0.2, 0) is 9.53 Å². The summed E-state index contributed by atoms with van der Waals surface area (Å²) < 4.78 is 5.22. The van der Waals surface area contributed by atoms with Crippen LogP contribution in [0.1, 0.15) is 48.5 Å². The molecule has 5 heteroatoms. The summed E-state index contributed by atoms with van der Waals surface area (Å²) in [6.07, 6.45) is -0.368. The van der Waals surface area contributed by atoms with E-state index in [-0.39, 0.29) is 17.9 Å². The number of ether oxygens (including phenoxy) is 1. The Labute approximate surface area is 124 Å². The van der Waals surface area contributed by atoms with Crippen molar-refractivity contribution >= 4 is 12.0 Å². The topological polar surface area (TPSA) is 49.9 Å². The van der Waals surface area contributed by atoms with Gasteiger partial charge in [-0.25, -0.2) is 4.79 Å². The molecule has 0 rings (SSSR count). The zero-order valence-electron chi connectivity index (χ0n) is 14.6. The van der Waals surface area contributed by atoms with E-state index in [0.717, 1.165) is 0 Å². The number of carbonyl (C=O) groups excluding carboxylic acids is 2. The molecule has 0 saturated heterocycles. The number of likely N-dealkylation sites (N-methyl/N-ethyl adjacent to an activating group) is 2. The molecule has 120 valence electrons. The van der Waals surface area contributed by atoms with Crippen LogP contribution in [0.25, 0.3) is 0 Å². The van der Waals surface area contributed by atoms with Gasteiger partial charge in [0, 0.05) is 33.1 Å².